The molecule has 2 saturated heterocycles. The smallest absolute Gasteiger partial charge is 0.226 e. The fraction of sp³-hybridized carbons (Fsp3) is 0.458. The molecule has 5 heteroatoms. The minimum Gasteiger partial charge on any atom is -0.352 e. The first-order chi connectivity index (χ1) is 14.2. The molecule has 0 aliphatic carbocycles. The van der Waals surface area contributed by atoms with Crippen molar-refractivity contribution in [1.29, 1.82) is 0 Å². The van der Waals surface area contributed by atoms with E-state index in [1.807, 2.05) is 18.2 Å². The first kappa shape index (κ1) is 20.1. The third-order valence-electron chi connectivity index (χ3n) is 6.18. The Morgan fingerprint density at radius 3 is 2.66 bits per heavy atom. The Bertz CT molecular complexity index is 810. The van der Waals surface area contributed by atoms with Crippen LogP contribution >= 0.6 is 0 Å². The second-order valence-corrected chi connectivity index (χ2v) is 8.49. The fourth-order valence-corrected chi connectivity index (χ4v) is 4.59. The molecule has 29 heavy (non-hydrogen) atoms. The lowest BCUT2D eigenvalue weighted by molar-refractivity contribution is -0.125. The van der Waals surface area contributed by atoms with Gasteiger partial charge in [-0.2, -0.15) is 0 Å². The molecular weight excluding hydrogens is 360 g/mol. The summed E-state index contributed by atoms with van der Waals surface area (Å²) < 4.78 is 0. The highest BCUT2D eigenvalue weighted by molar-refractivity contribution is 5.80. The number of nitrogens with one attached hydrogen (secondary N) is 3. The van der Waals surface area contributed by atoms with Crippen LogP contribution in [0, 0.1) is 11.8 Å². The Morgan fingerprint density at radius 2 is 1.86 bits per heavy atom. The first-order valence-corrected chi connectivity index (χ1v) is 10.8. The summed E-state index contributed by atoms with van der Waals surface area (Å²) in [5.41, 5.74) is 10.1. The molecule has 2 aromatic rings. The molecule has 2 heterocycles. The van der Waals surface area contributed by atoms with Crippen LogP contribution in [0.4, 0.5) is 0 Å². The average Bonchev–Trinajstić information content (AvgIpc) is 3.24. The molecule has 0 aromatic heterocycles. The standard InChI is InChI=1S/C24H32N4O/c1-18-8-7-13-28(16-18)17-21-12-6-5-11-20(21)14-25-24(29)22-15-26-27-23(22)19-9-3-2-4-10-19/h2-6,9-12,18,22-23,26-27H,7-8,13-17H2,1H3,(H,25,29). The lowest BCUT2D eigenvalue weighted by Gasteiger charge is -2.31. The number of rotatable bonds is 6. The lowest BCUT2D eigenvalue weighted by Crippen LogP contribution is -2.36. The molecule has 0 spiro atoms. The van der Waals surface area contributed by atoms with Crippen LogP contribution in [0.2, 0.25) is 0 Å². The van der Waals surface area contributed by atoms with Crippen molar-refractivity contribution in [2.45, 2.75) is 38.9 Å². The van der Waals surface area contributed by atoms with Gasteiger partial charge in [0.25, 0.3) is 0 Å². The molecule has 2 aromatic carbocycles. The Hall–Kier alpha value is -2.21. The zero-order valence-electron chi connectivity index (χ0n) is 17.2. The minimum atomic E-state index is -0.118. The van der Waals surface area contributed by atoms with Gasteiger partial charge < -0.3 is 5.32 Å². The Kier molecular flexibility index (Phi) is 6.60. The van der Waals surface area contributed by atoms with E-state index in [1.54, 1.807) is 0 Å². The fourth-order valence-electron chi connectivity index (χ4n) is 4.59. The highest BCUT2D eigenvalue weighted by Gasteiger charge is 2.33. The number of hydrazine groups is 1. The summed E-state index contributed by atoms with van der Waals surface area (Å²) in [6, 6.07) is 18.7. The van der Waals surface area contributed by atoms with Crippen molar-refractivity contribution < 1.29 is 4.79 Å². The van der Waals surface area contributed by atoms with Gasteiger partial charge >= 0.3 is 0 Å². The van der Waals surface area contributed by atoms with Gasteiger partial charge in [-0.1, -0.05) is 61.5 Å². The van der Waals surface area contributed by atoms with Crippen molar-refractivity contribution in [2.24, 2.45) is 11.8 Å². The third kappa shape index (κ3) is 5.04. The minimum absolute atomic E-state index is 0.00119. The Morgan fingerprint density at radius 1 is 1.10 bits per heavy atom. The quantitative estimate of drug-likeness (QED) is 0.707. The van der Waals surface area contributed by atoms with Crippen molar-refractivity contribution in [1.82, 2.24) is 21.1 Å². The van der Waals surface area contributed by atoms with Crippen molar-refractivity contribution in [3.05, 3.63) is 71.3 Å². The monoisotopic (exact) mass is 392 g/mol. The van der Waals surface area contributed by atoms with Gasteiger partial charge in [0.2, 0.25) is 5.91 Å². The molecule has 2 aliphatic heterocycles. The summed E-state index contributed by atoms with van der Waals surface area (Å²) >= 11 is 0. The second kappa shape index (κ2) is 9.53. The number of amides is 1. The molecule has 0 bridgehead atoms. The number of likely N-dealkylation sites (tertiary alicyclic amines) is 1. The summed E-state index contributed by atoms with van der Waals surface area (Å²) in [4.78, 5) is 15.5. The van der Waals surface area contributed by atoms with E-state index in [9.17, 15) is 4.79 Å². The maximum Gasteiger partial charge on any atom is 0.226 e. The number of hydrogen-bond donors (Lipinski definition) is 3. The maximum absolute atomic E-state index is 12.9. The van der Waals surface area contributed by atoms with Crippen LogP contribution in [0.25, 0.3) is 0 Å². The molecule has 154 valence electrons. The molecule has 3 N–H and O–H groups in total. The maximum atomic E-state index is 12.9. The SMILES string of the molecule is CC1CCCN(Cc2ccccc2CNC(=O)C2CNNC2c2ccccc2)C1. The largest absolute Gasteiger partial charge is 0.352 e. The van der Waals surface area contributed by atoms with Gasteiger partial charge in [0, 0.05) is 26.2 Å². The summed E-state index contributed by atoms with van der Waals surface area (Å²) in [7, 11) is 0. The van der Waals surface area contributed by atoms with Crippen LogP contribution in [-0.4, -0.2) is 30.4 Å². The topological polar surface area (TPSA) is 56.4 Å². The van der Waals surface area contributed by atoms with E-state index in [4.69, 9.17) is 0 Å². The van der Waals surface area contributed by atoms with Crippen molar-refractivity contribution in [2.75, 3.05) is 19.6 Å². The number of nitrogens with zero attached hydrogens (tertiary/aromatic N) is 1. The first-order valence-electron chi connectivity index (χ1n) is 10.8. The van der Waals surface area contributed by atoms with E-state index in [-0.39, 0.29) is 17.9 Å². The molecule has 3 atom stereocenters. The van der Waals surface area contributed by atoms with Gasteiger partial charge in [0.1, 0.15) is 0 Å². The van der Waals surface area contributed by atoms with Crippen LogP contribution in [-0.2, 0) is 17.9 Å². The Balaban J connectivity index is 1.38. The third-order valence-corrected chi connectivity index (χ3v) is 6.18. The van der Waals surface area contributed by atoms with Gasteiger partial charge in [-0.25, -0.2) is 5.43 Å². The number of carbonyl (C=O) groups excluding carboxylic acids is 1. The molecule has 2 fully saturated rings. The summed E-state index contributed by atoms with van der Waals surface area (Å²) in [6.07, 6.45) is 2.61. The van der Waals surface area contributed by atoms with E-state index in [1.165, 1.54) is 37.1 Å². The molecule has 4 rings (SSSR count). The Labute approximate surface area is 173 Å². The average molecular weight is 393 g/mol. The number of piperidine rings is 1. The van der Waals surface area contributed by atoms with Crippen molar-refractivity contribution in [3.8, 4) is 0 Å². The van der Waals surface area contributed by atoms with Gasteiger partial charge in [-0.3, -0.25) is 15.1 Å². The number of hydrogen-bond acceptors (Lipinski definition) is 4. The number of carbonyl (C=O) groups is 1. The van der Waals surface area contributed by atoms with Gasteiger partial charge in [0.15, 0.2) is 0 Å². The zero-order chi connectivity index (χ0) is 20.1. The van der Waals surface area contributed by atoms with Crippen LogP contribution in [0.1, 0.15) is 42.5 Å². The van der Waals surface area contributed by atoms with E-state index < -0.39 is 0 Å². The molecule has 2 aliphatic rings. The summed E-state index contributed by atoms with van der Waals surface area (Å²) in [5, 5.41) is 3.19. The van der Waals surface area contributed by atoms with Crippen LogP contribution in [0.5, 0.6) is 0 Å². The highest BCUT2D eigenvalue weighted by Crippen LogP contribution is 2.25. The van der Waals surface area contributed by atoms with E-state index in [2.05, 4.69) is 64.4 Å². The molecule has 1 amide bonds. The van der Waals surface area contributed by atoms with E-state index >= 15 is 0 Å². The van der Waals surface area contributed by atoms with E-state index in [0.717, 1.165) is 18.0 Å². The summed E-state index contributed by atoms with van der Waals surface area (Å²) in [5.74, 6) is 0.748. The highest BCUT2D eigenvalue weighted by atomic mass is 16.2. The van der Waals surface area contributed by atoms with Gasteiger partial charge in [-0.15, -0.1) is 0 Å². The predicted octanol–water partition coefficient (Wildman–Crippen LogP) is 3.00. The van der Waals surface area contributed by atoms with Crippen LogP contribution in [0.3, 0.4) is 0 Å². The summed E-state index contributed by atoms with van der Waals surface area (Å²) in [6.45, 7) is 6.86. The van der Waals surface area contributed by atoms with Crippen molar-refractivity contribution >= 4 is 5.91 Å². The zero-order valence-corrected chi connectivity index (χ0v) is 17.2. The molecule has 0 saturated carbocycles. The normalized spacial score (nSPS) is 25.1. The van der Waals surface area contributed by atoms with Crippen LogP contribution < -0.4 is 16.2 Å². The lowest BCUT2D eigenvalue weighted by atomic mass is 9.94. The van der Waals surface area contributed by atoms with Crippen LogP contribution in [0.15, 0.2) is 54.6 Å². The number of benzene rings is 2. The molecule has 3 unspecified atom stereocenters. The second-order valence-electron chi connectivity index (χ2n) is 8.49. The van der Waals surface area contributed by atoms with E-state index in [0.29, 0.717) is 13.1 Å². The van der Waals surface area contributed by atoms with Gasteiger partial charge in [0.05, 0.1) is 12.0 Å². The molecule has 5 nitrogen and oxygen atoms in total. The predicted molar refractivity (Wildman–Crippen MR) is 116 cm³/mol. The van der Waals surface area contributed by atoms with Crippen molar-refractivity contribution in [3.63, 3.8) is 0 Å². The molecule has 0 radical (unpaired) electrons. The molecular formula is C24H32N4O. The van der Waals surface area contributed by atoms with Gasteiger partial charge in [-0.05, 0) is 42.0 Å².